The van der Waals surface area contributed by atoms with Crippen LogP contribution in [0.3, 0.4) is 0 Å². The molecule has 1 atom stereocenters. The molecule has 108 valence electrons. The van der Waals surface area contributed by atoms with Crippen molar-refractivity contribution >= 4 is 17.5 Å². The molecule has 4 nitrogen and oxygen atoms in total. The Hall–Kier alpha value is -1.84. The summed E-state index contributed by atoms with van der Waals surface area (Å²) in [6.45, 7) is 6.34. The van der Waals surface area contributed by atoms with Crippen molar-refractivity contribution in [1.82, 2.24) is 4.90 Å². The Kier molecular flexibility index (Phi) is 4.12. The van der Waals surface area contributed by atoms with E-state index in [1.807, 2.05) is 51.1 Å². The Morgan fingerprint density at radius 2 is 1.85 bits per heavy atom. The zero-order valence-corrected chi connectivity index (χ0v) is 12.3. The summed E-state index contributed by atoms with van der Waals surface area (Å²) in [6.07, 6.45) is 1.62. The molecule has 0 spiro atoms. The summed E-state index contributed by atoms with van der Waals surface area (Å²) in [7, 11) is 0. The topological polar surface area (TPSA) is 49.4 Å². The summed E-state index contributed by atoms with van der Waals surface area (Å²) in [6, 6.07) is 9.01. The molecule has 0 aromatic heterocycles. The van der Waals surface area contributed by atoms with E-state index in [0.29, 0.717) is 6.54 Å². The van der Waals surface area contributed by atoms with Crippen LogP contribution in [-0.2, 0) is 9.59 Å². The lowest BCUT2D eigenvalue weighted by Gasteiger charge is -2.30. The summed E-state index contributed by atoms with van der Waals surface area (Å²) < 4.78 is 0. The van der Waals surface area contributed by atoms with Crippen molar-refractivity contribution in [2.75, 3.05) is 11.9 Å². The SMILES string of the molecule is CC(C)(C)C(=O)N1CCC[C@H]1C(=O)Nc1ccccc1. The van der Waals surface area contributed by atoms with Crippen LogP contribution in [0.4, 0.5) is 5.69 Å². The van der Waals surface area contributed by atoms with Crippen LogP contribution in [0.5, 0.6) is 0 Å². The number of likely N-dealkylation sites (tertiary alicyclic amines) is 1. The minimum Gasteiger partial charge on any atom is -0.330 e. The molecule has 0 unspecified atom stereocenters. The molecule has 1 aliphatic heterocycles. The lowest BCUT2D eigenvalue weighted by Crippen LogP contribution is -2.47. The normalized spacial score (nSPS) is 18.9. The first kappa shape index (κ1) is 14.6. The third-order valence-electron chi connectivity index (χ3n) is 3.50. The first-order valence-electron chi connectivity index (χ1n) is 7.06. The fourth-order valence-electron chi connectivity index (χ4n) is 2.46. The lowest BCUT2D eigenvalue weighted by molar-refractivity contribution is -0.143. The average Bonchev–Trinajstić information content (AvgIpc) is 2.87. The van der Waals surface area contributed by atoms with Crippen molar-refractivity contribution < 1.29 is 9.59 Å². The Morgan fingerprint density at radius 3 is 2.45 bits per heavy atom. The van der Waals surface area contributed by atoms with E-state index >= 15 is 0 Å². The Balaban J connectivity index is 2.07. The van der Waals surface area contributed by atoms with Gasteiger partial charge in [-0.15, -0.1) is 0 Å². The molecule has 1 heterocycles. The van der Waals surface area contributed by atoms with Crippen molar-refractivity contribution in [3.8, 4) is 0 Å². The molecule has 1 fully saturated rings. The van der Waals surface area contributed by atoms with Crippen LogP contribution in [0.25, 0.3) is 0 Å². The standard InChI is InChI=1S/C16H22N2O2/c1-16(2,3)15(20)18-11-7-10-13(18)14(19)17-12-8-5-4-6-9-12/h4-6,8-9,13H,7,10-11H2,1-3H3,(H,17,19)/t13-/m0/s1. The molecule has 20 heavy (non-hydrogen) atoms. The number of hydrogen-bond donors (Lipinski definition) is 1. The van der Waals surface area contributed by atoms with Gasteiger partial charge >= 0.3 is 0 Å². The zero-order valence-electron chi connectivity index (χ0n) is 12.3. The molecular formula is C16H22N2O2. The van der Waals surface area contributed by atoms with Crippen LogP contribution in [-0.4, -0.2) is 29.3 Å². The fraction of sp³-hybridized carbons (Fsp3) is 0.500. The summed E-state index contributed by atoms with van der Waals surface area (Å²) >= 11 is 0. The van der Waals surface area contributed by atoms with Gasteiger partial charge < -0.3 is 10.2 Å². The van der Waals surface area contributed by atoms with Crippen LogP contribution >= 0.6 is 0 Å². The van der Waals surface area contributed by atoms with Gasteiger partial charge in [-0.25, -0.2) is 0 Å². The highest BCUT2D eigenvalue weighted by Crippen LogP contribution is 2.26. The molecule has 0 radical (unpaired) electrons. The fourth-order valence-corrected chi connectivity index (χ4v) is 2.46. The molecule has 1 saturated heterocycles. The number of hydrogen-bond acceptors (Lipinski definition) is 2. The van der Waals surface area contributed by atoms with Crippen molar-refractivity contribution in [1.29, 1.82) is 0 Å². The average molecular weight is 274 g/mol. The molecule has 0 aliphatic carbocycles. The highest BCUT2D eigenvalue weighted by atomic mass is 16.2. The number of para-hydroxylation sites is 1. The smallest absolute Gasteiger partial charge is 0.247 e. The number of carbonyl (C=O) groups is 2. The summed E-state index contributed by atoms with van der Waals surface area (Å²) in [5, 5.41) is 2.89. The van der Waals surface area contributed by atoms with Crippen molar-refractivity contribution in [2.45, 2.75) is 39.7 Å². The van der Waals surface area contributed by atoms with Gasteiger partial charge in [0.05, 0.1) is 0 Å². The Morgan fingerprint density at radius 1 is 1.20 bits per heavy atom. The van der Waals surface area contributed by atoms with Gasteiger partial charge in [0.1, 0.15) is 6.04 Å². The minimum atomic E-state index is -0.449. The summed E-state index contributed by atoms with van der Waals surface area (Å²) in [4.78, 5) is 26.5. The van der Waals surface area contributed by atoms with Gasteiger partial charge in [-0.1, -0.05) is 39.0 Å². The number of benzene rings is 1. The van der Waals surface area contributed by atoms with Gasteiger partial charge in [0.15, 0.2) is 0 Å². The third-order valence-corrected chi connectivity index (χ3v) is 3.50. The highest BCUT2D eigenvalue weighted by molar-refractivity contribution is 5.98. The molecule has 1 aliphatic rings. The molecule has 1 aromatic rings. The monoisotopic (exact) mass is 274 g/mol. The first-order valence-corrected chi connectivity index (χ1v) is 7.06. The van der Waals surface area contributed by atoms with Gasteiger partial charge in [0.25, 0.3) is 0 Å². The quantitative estimate of drug-likeness (QED) is 0.901. The van der Waals surface area contributed by atoms with E-state index in [0.717, 1.165) is 18.5 Å². The summed E-state index contributed by atoms with van der Waals surface area (Å²) in [5.41, 5.74) is 0.322. The van der Waals surface area contributed by atoms with Crippen molar-refractivity contribution in [3.05, 3.63) is 30.3 Å². The van der Waals surface area contributed by atoms with Crippen LogP contribution in [0.2, 0.25) is 0 Å². The van der Waals surface area contributed by atoms with Crippen LogP contribution in [0.15, 0.2) is 30.3 Å². The van der Waals surface area contributed by atoms with E-state index in [1.165, 1.54) is 0 Å². The molecule has 1 aromatic carbocycles. The van der Waals surface area contributed by atoms with Crippen molar-refractivity contribution in [2.24, 2.45) is 5.41 Å². The number of amides is 2. The number of rotatable bonds is 2. The van der Waals surface area contributed by atoms with Gasteiger partial charge in [-0.3, -0.25) is 9.59 Å². The second kappa shape index (κ2) is 5.65. The van der Waals surface area contributed by atoms with E-state index in [4.69, 9.17) is 0 Å². The first-order chi connectivity index (χ1) is 9.39. The number of nitrogens with zero attached hydrogens (tertiary/aromatic N) is 1. The number of nitrogens with one attached hydrogen (secondary N) is 1. The molecule has 0 bridgehead atoms. The predicted octanol–water partition coefficient (Wildman–Crippen LogP) is 2.66. The maximum absolute atomic E-state index is 12.4. The molecule has 2 rings (SSSR count). The number of anilines is 1. The van der Waals surface area contributed by atoms with Crippen LogP contribution in [0, 0.1) is 5.41 Å². The van der Waals surface area contributed by atoms with Crippen LogP contribution in [0.1, 0.15) is 33.6 Å². The second-order valence-electron chi connectivity index (χ2n) is 6.26. The Bertz CT molecular complexity index is 491. The highest BCUT2D eigenvalue weighted by Gasteiger charge is 2.38. The van der Waals surface area contributed by atoms with Crippen LogP contribution < -0.4 is 5.32 Å². The molecular weight excluding hydrogens is 252 g/mol. The maximum Gasteiger partial charge on any atom is 0.247 e. The van der Waals surface area contributed by atoms with Gasteiger partial charge in [-0.2, -0.15) is 0 Å². The van der Waals surface area contributed by atoms with E-state index in [1.54, 1.807) is 4.90 Å². The third kappa shape index (κ3) is 3.18. The zero-order chi connectivity index (χ0) is 14.8. The second-order valence-corrected chi connectivity index (χ2v) is 6.26. The van der Waals surface area contributed by atoms with E-state index in [-0.39, 0.29) is 17.9 Å². The van der Waals surface area contributed by atoms with E-state index < -0.39 is 5.41 Å². The Labute approximate surface area is 120 Å². The molecule has 2 amide bonds. The maximum atomic E-state index is 12.4. The van der Waals surface area contributed by atoms with E-state index in [9.17, 15) is 9.59 Å². The van der Waals surface area contributed by atoms with Gasteiger partial charge in [0.2, 0.25) is 11.8 Å². The number of carbonyl (C=O) groups excluding carboxylic acids is 2. The van der Waals surface area contributed by atoms with Gasteiger partial charge in [0, 0.05) is 17.6 Å². The minimum absolute atomic E-state index is 0.0446. The van der Waals surface area contributed by atoms with Crippen molar-refractivity contribution in [3.63, 3.8) is 0 Å². The molecule has 1 N–H and O–H groups in total. The summed E-state index contributed by atoms with van der Waals surface area (Å²) in [5.74, 6) is -0.0467. The lowest BCUT2D eigenvalue weighted by atomic mass is 9.94. The van der Waals surface area contributed by atoms with E-state index in [2.05, 4.69) is 5.32 Å². The molecule has 0 saturated carbocycles. The largest absolute Gasteiger partial charge is 0.330 e. The van der Waals surface area contributed by atoms with Gasteiger partial charge in [-0.05, 0) is 25.0 Å². The molecule has 4 heteroatoms. The predicted molar refractivity (Wildman–Crippen MR) is 79.3 cm³/mol.